The fourth-order valence-electron chi connectivity index (χ4n) is 5.15. The maximum atomic E-state index is 12.8. The van der Waals surface area contributed by atoms with Crippen LogP contribution in [-0.4, -0.2) is 138 Å². The van der Waals surface area contributed by atoms with Gasteiger partial charge in [-0.05, 0) is 18.2 Å². The second-order valence-electron chi connectivity index (χ2n) is 11.2. The average Bonchev–Trinajstić information content (AvgIpc) is 3.04. The molecule has 2 saturated heterocycles. The molecule has 2 aliphatic rings. The molecule has 5 rings (SSSR count). The van der Waals surface area contributed by atoms with Crippen LogP contribution in [-0.2, 0) is 28.5 Å². The SMILES string of the molecule is O=C(O)CC(=O)OC[C@H]1O[C@@H](OC[C@H]2O[C@@H](Oc3cc(O)c4c(=O)cc(-c5ccc(O)c(O)c5)oc4c3)[C@H](O)[C@@H](O)[C@@H]2O)[C@H](O)[C@@H](O)[C@@H]1O. The Labute approximate surface area is 273 Å². The highest BCUT2D eigenvalue weighted by atomic mass is 16.7. The van der Waals surface area contributed by atoms with Crippen molar-refractivity contribution in [3.05, 3.63) is 46.6 Å². The third-order valence-electron chi connectivity index (χ3n) is 7.76. The fourth-order valence-corrected chi connectivity index (χ4v) is 5.15. The maximum absolute atomic E-state index is 12.8. The van der Waals surface area contributed by atoms with Crippen molar-refractivity contribution in [1.29, 1.82) is 0 Å². The number of fused-ring (bicyclic) bond motifs is 1. The van der Waals surface area contributed by atoms with Crippen LogP contribution >= 0.6 is 0 Å². The van der Waals surface area contributed by atoms with Gasteiger partial charge in [0.15, 0.2) is 23.2 Å². The summed E-state index contributed by atoms with van der Waals surface area (Å²) >= 11 is 0. The summed E-state index contributed by atoms with van der Waals surface area (Å²) in [5.41, 5.74) is -0.683. The molecule has 0 bridgehead atoms. The molecule has 0 amide bonds. The number of carbonyl (C=O) groups is 2. The molecular formula is C30H32O19. The number of aliphatic hydroxyl groups excluding tert-OH is 6. The van der Waals surface area contributed by atoms with Crippen molar-refractivity contribution in [3.8, 4) is 34.3 Å². The van der Waals surface area contributed by atoms with E-state index < -0.39 is 116 Å². The lowest BCUT2D eigenvalue weighted by atomic mass is 9.98. The van der Waals surface area contributed by atoms with E-state index in [0.717, 1.165) is 24.3 Å². The first-order valence-corrected chi connectivity index (χ1v) is 14.5. The summed E-state index contributed by atoms with van der Waals surface area (Å²) in [6, 6.07) is 6.86. The Kier molecular flexibility index (Phi) is 10.6. The van der Waals surface area contributed by atoms with Crippen molar-refractivity contribution in [1.82, 2.24) is 0 Å². The van der Waals surface area contributed by atoms with Crippen LogP contribution in [0, 0.1) is 0 Å². The van der Waals surface area contributed by atoms with Crippen molar-refractivity contribution in [2.24, 2.45) is 0 Å². The summed E-state index contributed by atoms with van der Waals surface area (Å²) in [7, 11) is 0. The Bertz CT molecular complexity index is 1740. The molecule has 2 aromatic carbocycles. The number of rotatable bonds is 10. The summed E-state index contributed by atoms with van der Waals surface area (Å²) in [4.78, 5) is 35.0. The average molecular weight is 697 g/mol. The van der Waals surface area contributed by atoms with Crippen LogP contribution in [0.2, 0.25) is 0 Å². The molecule has 0 radical (unpaired) electrons. The molecule has 0 unspecified atom stereocenters. The van der Waals surface area contributed by atoms with Gasteiger partial charge < -0.3 is 79.2 Å². The van der Waals surface area contributed by atoms with Crippen molar-refractivity contribution >= 4 is 22.9 Å². The highest BCUT2D eigenvalue weighted by Gasteiger charge is 2.48. The molecule has 3 aromatic rings. The molecule has 0 spiro atoms. The summed E-state index contributed by atoms with van der Waals surface area (Å²) in [6.07, 6.45) is -18.6. The van der Waals surface area contributed by atoms with Gasteiger partial charge in [-0.1, -0.05) is 0 Å². The van der Waals surface area contributed by atoms with Crippen LogP contribution in [0.3, 0.4) is 0 Å². The lowest BCUT2D eigenvalue weighted by Crippen LogP contribution is -2.62. The molecule has 0 saturated carbocycles. The number of carbonyl (C=O) groups excluding carboxylic acids is 1. The van der Waals surface area contributed by atoms with E-state index in [4.69, 9.17) is 33.2 Å². The Morgan fingerprint density at radius 3 is 2.00 bits per heavy atom. The quantitative estimate of drug-likeness (QED) is 0.0600. The molecule has 2 aliphatic heterocycles. The number of aliphatic hydroxyl groups is 6. The number of carboxylic acids is 1. The van der Waals surface area contributed by atoms with Gasteiger partial charge in [-0.2, -0.15) is 0 Å². The number of hydrogen-bond acceptors (Lipinski definition) is 18. The van der Waals surface area contributed by atoms with E-state index in [0.29, 0.717) is 0 Å². The second-order valence-corrected chi connectivity index (χ2v) is 11.2. The number of carboxylic acid groups (broad SMARTS) is 1. The zero-order valence-electron chi connectivity index (χ0n) is 25.0. The number of phenols is 3. The van der Waals surface area contributed by atoms with E-state index in [9.17, 15) is 60.3 Å². The zero-order valence-corrected chi connectivity index (χ0v) is 25.0. The molecule has 3 heterocycles. The third-order valence-corrected chi connectivity index (χ3v) is 7.76. The Morgan fingerprint density at radius 1 is 0.714 bits per heavy atom. The van der Waals surface area contributed by atoms with Crippen molar-refractivity contribution in [3.63, 3.8) is 0 Å². The number of esters is 1. The van der Waals surface area contributed by atoms with Gasteiger partial charge >= 0.3 is 11.9 Å². The minimum atomic E-state index is -1.90. The molecule has 19 heteroatoms. The van der Waals surface area contributed by atoms with E-state index in [1.54, 1.807) is 0 Å². The number of hydrogen-bond donors (Lipinski definition) is 10. The maximum Gasteiger partial charge on any atom is 0.317 e. The first kappa shape index (κ1) is 35.7. The van der Waals surface area contributed by atoms with Gasteiger partial charge in [-0.3, -0.25) is 14.4 Å². The fraction of sp³-hybridized carbons (Fsp3) is 0.433. The number of ether oxygens (including phenoxy) is 5. The summed E-state index contributed by atoms with van der Waals surface area (Å²) < 4.78 is 32.5. The van der Waals surface area contributed by atoms with Crippen LogP contribution < -0.4 is 10.2 Å². The molecule has 1 aromatic heterocycles. The monoisotopic (exact) mass is 696 g/mol. The zero-order chi connectivity index (χ0) is 35.7. The highest BCUT2D eigenvalue weighted by molar-refractivity contribution is 5.90. The number of benzene rings is 2. The molecule has 19 nitrogen and oxygen atoms in total. The molecular weight excluding hydrogens is 664 g/mol. The van der Waals surface area contributed by atoms with Gasteiger partial charge in [0.05, 0.1) is 6.61 Å². The highest BCUT2D eigenvalue weighted by Crippen LogP contribution is 2.35. The molecule has 10 N–H and O–H groups in total. The van der Waals surface area contributed by atoms with Crippen LogP contribution in [0.25, 0.3) is 22.3 Å². The van der Waals surface area contributed by atoms with Crippen molar-refractivity contribution in [2.45, 2.75) is 67.8 Å². The first-order valence-electron chi connectivity index (χ1n) is 14.5. The van der Waals surface area contributed by atoms with E-state index in [-0.39, 0.29) is 28.0 Å². The predicted octanol–water partition coefficient (Wildman–Crippen LogP) is -2.39. The molecule has 2 fully saturated rings. The van der Waals surface area contributed by atoms with Crippen molar-refractivity contribution in [2.75, 3.05) is 13.2 Å². The standard InChI is InChI=1S/C30H32O19/c31-12-2-1-10(3-13(12)32)16-6-15(34)22-14(33)4-11(5-17(22)47-16)46-30-28(43)26(41)24(39)19(49-30)9-45-29-27(42)25(40)23(38)18(48-29)8-44-21(37)7-20(35)36/h1-6,18-19,23-33,38-43H,7-9H2,(H,35,36)/t18-,19-,23-,24-,25+,26+,27-,28-,29-,30-/m1/s1. The molecule has 10 atom stereocenters. The van der Waals surface area contributed by atoms with Crippen LogP contribution in [0.1, 0.15) is 6.42 Å². The van der Waals surface area contributed by atoms with E-state index in [1.165, 1.54) is 12.1 Å². The number of phenolic OH excluding ortho intramolecular Hbond substituents is 3. The number of aliphatic carboxylic acids is 1. The van der Waals surface area contributed by atoms with Gasteiger partial charge in [0.1, 0.15) is 90.1 Å². The minimum absolute atomic E-state index is 0.0560. The van der Waals surface area contributed by atoms with Gasteiger partial charge in [-0.25, -0.2) is 0 Å². The Balaban J connectivity index is 1.30. The van der Waals surface area contributed by atoms with Gasteiger partial charge in [0.2, 0.25) is 6.29 Å². The van der Waals surface area contributed by atoms with Gasteiger partial charge in [0, 0.05) is 23.8 Å². The summed E-state index contributed by atoms with van der Waals surface area (Å²) in [5.74, 6) is -4.44. The van der Waals surface area contributed by atoms with E-state index in [2.05, 4.69) is 0 Å². The molecule has 49 heavy (non-hydrogen) atoms. The third kappa shape index (κ3) is 7.69. The number of aromatic hydroxyl groups is 3. The van der Waals surface area contributed by atoms with Gasteiger partial charge in [-0.15, -0.1) is 0 Å². The van der Waals surface area contributed by atoms with Gasteiger partial charge in [0.25, 0.3) is 0 Å². The van der Waals surface area contributed by atoms with Crippen LogP contribution in [0.5, 0.6) is 23.0 Å². The van der Waals surface area contributed by atoms with Crippen LogP contribution in [0.15, 0.2) is 45.6 Å². The topological polar surface area (TPSA) is 313 Å². The lowest BCUT2D eigenvalue weighted by Gasteiger charge is -2.42. The predicted molar refractivity (Wildman–Crippen MR) is 156 cm³/mol. The largest absolute Gasteiger partial charge is 0.507 e. The lowest BCUT2D eigenvalue weighted by molar-refractivity contribution is -0.323. The summed E-state index contributed by atoms with van der Waals surface area (Å²) in [5, 5.41) is 101. The van der Waals surface area contributed by atoms with Crippen molar-refractivity contribution < 1.29 is 88.8 Å². The first-order chi connectivity index (χ1) is 23.1. The smallest absolute Gasteiger partial charge is 0.317 e. The normalized spacial score (nSPS) is 30.2. The minimum Gasteiger partial charge on any atom is -0.507 e. The Morgan fingerprint density at radius 2 is 1.35 bits per heavy atom. The molecule has 266 valence electrons. The second kappa shape index (κ2) is 14.5. The Hall–Kier alpha value is -4.57. The van der Waals surface area contributed by atoms with E-state index >= 15 is 0 Å². The summed E-state index contributed by atoms with van der Waals surface area (Å²) in [6.45, 7) is -1.42. The van der Waals surface area contributed by atoms with Crippen LogP contribution in [0.4, 0.5) is 0 Å². The molecule has 0 aliphatic carbocycles. The van der Waals surface area contributed by atoms with E-state index in [1.807, 2.05) is 0 Å².